The Morgan fingerprint density at radius 2 is 2.11 bits per heavy atom. The van der Waals surface area contributed by atoms with E-state index in [9.17, 15) is 4.79 Å². The van der Waals surface area contributed by atoms with Crippen LogP contribution in [0, 0.1) is 11.8 Å². The van der Waals surface area contributed by atoms with Gasteiger partial charge in [0.1, 0.15) is 5.54 Å². The van der Waals surface area contributed by atoms with Gasteiger partial charge in [-0.1, -0.05) is 37.3 Å². The van der Waals surface area contributed by atoms with Crippen molar-refractivity contribution < 1.29 is 4.79 Å². The fourth-order valence-electron chi connectivity index (χ4n) is 2.66. The van der Waals surface area contributed by atoms with E-state index in [-0.39, 0.29) is 11.7 Å². The highest BCUT2D eigenvalue weighted by Crippen LogP contribution is 2.43. The first-order valence-corrected chi connectivity index (χ1v) is 6.68. The summed E-state index contributed by atoms with van der Waals surface area (Å²) in [6.45, 7) is 5.41. The molecule has 1 fully saturated rings. The van der Waals surface area contributed by atoms with E-state index in [1.807, 2.05) is 44.2 Å². The van der Waals surface area contributed by atoms with Gasteiger partial charge in [-0.15, -0.1) is 0 Å². The van der Waals surface area contributed by atoms with E-state index in [1.54, 1.807) is 0 Å². The van der Waals surface area contributed by atoms with Crippen LogP contribution in [-0.4, -0.2) is 18.9 Å². The zero-order valence-electron chi connectivity index (χ0n) is 11.1. The lowest BCUT2D eigenvalue weighted by molar-refractivity contribution is -0.126. The largest absolute Gasteiger partial charge is 0.330 e. The Kier molecular flexibility index (Phi) is 3.83. The molecule has 1 aromatic carbocycles. The molecule has 3 unspecified atom stereocenters. The maximum Gasteiger partial charge on any atom is 0.160 e. The van der Waals surface area contributed by atoms with Crippen molar-refractivity contribution in [2.75, 3.05) is 13.1 Å². The van der Waals surface area contributed by atoms with E-state index in [0.29, 0.717) is 12.5 Å². The molecule has 0 radical (unpaired) electrons. The zero-order chi connectivity index (χ0) is 13.2. The van der Waals surface area contributed by atoms with Crippen molar-refractivity contribution in [1.82, 2.24) is 5.32 Å². The third-order valence-corrected chi connectivity index (χ3v) is 3.94. The molecule has 3 atom stereocenters. The Morgan fingerprint density at radius 3 is 2.61 bits per heavy atom. The van der Waals surface area contributed by atoms with Crippen LogP contribution in [0.25, 0.3) is 0 Å². The van der Waals surface area contributed by atoms with E-state index in [4.69, 9.17) is 5.73 Å². The summed E-state index contributed by atoms with van der Waals surface area (Å²) in [5, 5.41) is 3.35. The molecular formula is C15H22N2O. The van der Waals surface area contributed by atoms with Crippen LogP contribution in [0.5, 0.6) is 0 Å². The van der Waals surface area contributed by atoms with Crippen LogP contribution in [0.1, 0.15) is 25.8 Å². The first kappa shape index (κ1) is 13.2. The Hall–Kier alpha value is -1.19. The van der Waals surface area contributed by atoms with Crippen LogP contribution < -0.4 is 11.1 Å². The van der Waals surface area contributed by atoms with Gasteiger partial charge in [-0.25, -0.2) is 0 Å². The number of rotatable bonds is 6. The molecule has 1 aromatic rings. The summed E-state index contributed by atoms with van der Waals surface area (Å²) >= 11 is 0. The van der Waals surface area contributed by atoms with Gasteiger partial charge in [0.05, 0.1) is 0 Å². The highest BCUT2D eigenvalue weighted by molar-refractivity contribution is 5.93. The third kappa shape index (κ3) is 2.33. The summed E-state index contributed by atoms with van der Waals surface area (Å²) in [5.74, 6) is 0.810. The SMILES string of the molecule is CCNC(C)(C(=O)C1CC1CN)c1ccccc1. The number of likely N-dealkylation sites (N-methyl/N-ethyl adjacent to an activating group) is 1. The minimum Gasteiger partial charge on any atom is -0.330 e. The number of hydrogen-bond donors (Lipinski definition) is 2. The standard InChI is InChI=1S/C15H22N2O/c1-3-17-15(2,12-7-5-4-6-8-12)14(18)13-9-11(13)10-16/h4-8,11,13,17H,3,9-10,16H2,1-2H3. The summed E-state index contributed by atoms with van der Waals surface area (Å²) in [6, 6.07) is 9.96. The summed E-state index contributed by atoms with van der Waals surface area (Å²) < 4.78 is 0. The molecule has 0 spiro atoms. The quantitative estimate of drug-likeness (QED) is 0.803. The predicted molar refractivity (Wildman–Crippen MR) is 73.1 cm³/mol. The predicted octanol–water partition coefficient (Wildman–Crippen LogP) is 1.68. The number of ketones is 1. The fourth-order valence-corrected chi connectivity index (χ4v) is 2.66. The van der Waals surface area contributed by atoms with Crippen LogP contribution >= 0.6 is 0 Å². The van der Waals surface area contributed by atoms with Gasteiger partial charge in [0.15, 0.2) is 5.78 Å². The lowest BCUT2D eigenvalue weighted by Crippen LogP contribution is -2.47. The van der Waals surface area contributed by atoms with E-state index < -0.39 is 5.54 Å². The topological polar surface area (TPSA) is 55.1 Å². The number of carbonyl (C=O) groups excluding carboxylic acids is 1. The maximum atomic E-state index is 12.7. The highest BCUT2D eigenvalue weighted by Gasteiger charge is 2.49. The smallest absolute Gasteiger partial charge is 0.160 e. The second-order valence-corrected chi connectivity index (χ2v) is 5.22. The average Bonchev–Trinajstić information content (AvgIpc) is 3.18. The fraction of sp³-hybridized carbons (Fsp3) is 0.533. The average molecular weight is 246 g/mol. The Balaban J connectivity index is 2.24. The first-order valence-electron chi connectivity index (χ1n) is 6.68. The summed E-state index contributed by atoms with van der Waals surface area (Å²) in [5.41, 5.74) is 6.11. The van der Waals surface area contributed by atoms with Gasteiger partial charge in [-0.05, 0) is 37.9 Å². The first-order chi connectivity index (χ1) is 8.63. The molecule has 0 heterocycles. The van der Waals surface area contributed by atoms with E-state index in [2.05, 4.69) is 5.32 Å². The van der Waals surface area contributed by atoms with Crippen molar-refractivity contribution in [2.24, 2.45) is 17.6 Å². The summed E-state index contributed by atoms with van der Waals surface area (Å²) in [6.07, 6.45) is 0.948. The van der Waals surface area contributed by atoms with Crippen molar-refractivity contribution in [2.45, 2.75) is 25.8 Å². The molecule has 98 valence electrons. The molecule has 0 aliphatic heterocycles. The molecule has 0 bridgehead atoms. The number of hydrogen-bond acceptors (Lipinski definition) is 3. The van der Waals surface area contributed by atoms with Gasteiger partial charge in [-0.3, -0.25) is 4.79 Å². The number of nitrogens with one attached hydrogen (secondary N) is 1. The monoisotopic (exact) mass is 246 g/mol. The molecule has 0 saturated heterocycles. The van der Waals surface area contributed by atoms with Crippen molar-refractivity contribution >= 4 is 5.78 Å². The van der Waals surface area contributed by atoms with Crippen molar-refractivity contribution in [3.05, 3.63) is 35.9 Å². The number of nitrogens with two attached hydrogens (primary N) is 1. The third-order valence-electron chi connectivity index (χ3n) is 3.94. The van der Waals surface area contributed by atoms with Crippen LogP contribution in [0.3, 0.4) is 0 Å². The van der Waals surface area contributed by atoms with E-state index >= 15 is 0 Å². The van der Waals surface area contributed by atoms with Gasteiger partial charge >= 0.3 is 0 Å². The number of carbonyl (C=O) groups is 1. The summed E-state index contributed by atoms with van der Waals surface area (Å²) in [4.78, 5) is 12.7. The van der Waals surface area contributed by atoms with E-state index in [1.165, 1.54) is 0 Å². The highest BCUT2D eigenvalue weighted by atomic mass is 16.1. The van der Waals surface area contributed by atoms with Crippen LogP contribution in [-0.2, 0) is 10.3 Å². The molecule has 18 heavy (non-hydrogen) atoms. The molecule has 1 aliphatic rings. The van der Waals surface area contributed by atoms with Crippen molar-refractivity contribution in [3.63, 3.8) is 0 Å². The van der Waals surface area contributed by atoms with E-state index in [0.717, 1.165) is 18.5 Å². The Bertz CT molecular complexity index is 418. The van der Waals surface area contributed by atoms with Crippen molar-refractivity contribution in [3.8, 4) is 0 Å². The molecule has 0 amide bonds. The minimum absolute atomic E-state index is 0.138. The van der Waals surface area contributed by atoms with Gasteiger partial charge in [0.2, 0.25) is 0 Å². The molecule has 3 N–H and O–H groups in total. The number of benzene rings is 1. The maximum absolute atomic E-state index is 12.7. The van der Waals surface area contributed by atoms with Gasteiger partial charge in [0.25, 0.3) is 0 Å². The second kappa shape index (κ2) is 5.21. The van der Waals surface area contributed by atoms with Crippen LogP contribution in [0.2, 0.25) is 0 Å². The zero-order valence-corrected chi connectivity index (χ0v) is 11.1. The van der Waals surface area contributed by atoms with Gasteiger partial charge < -0.3 is 11.1 Å². The minimum atomic E-state index is -0.579. The molecule has 2 rings (SSSR count). The summed E-state index contributed by atoms with van der Waals surface area (Å²) in [7, 11) is 0. The molecule has 1 saturated carbocycles. The molecule has 3 nitrogen and oxygen atoms in total. The molecule has 1 aliphatic carbocycles. The molecule has 3 heteroatoms. The van der Waals surface area contributed by atoms with Crippen LogP contribution in [0.15, 0.2) is 30.3 Å². The lowest BCUT2D eigenvalue weighted by Gasteiger charge is -2.30. The Morgan fingerprint density at radius 1 is 1.44 bits per heavy atom. The van der Waals surface area contributed by atoms with Gasteiger partial charge in [-0.2, -0.15) is 0 Å². The van der Waals surface area contributed by atoms with Gasteiger partial charge in [0, 0.05) is 5.92 Å². The molecular weight excluding hydrogens is 224 g/mol. The normalized spacial score (nSPS) is 25.5. The lowest BCUT2D eigenvalue weighted by atomic mass is 9.84. The van der Waals surface area contributed by atoms with Crippen molar-refractivity contribution in [1.29, 1.82) is 0 Å². The number of Topliss-reactive ketones (excluding diaryl/α,β-unsaturated/α-hetero) is 1. The van der Waals surface area contributed by atoms with Crippen LogP contribution in [0.4, 0.5) is 0 Å². The Labute approximate surface area is 109 Å². The molecule has 0 aromatic heterocycles. The second-order valence-electron chi connectivity index (χ2n) is 5.22.